The van der Waals surface area contributed by atoms with E-state index in [1.165, 1.54) is 25.2 Å². The molecule has 0 spiro atoms. The van der Waals surface area contributed by atoms with E-state index in [-0.39, 0.29) is 0 Å². The van der Waals surface area contributed by atoms with Gasteiger partial charge in [0.05, 0.1) is 0 Å². The molecular weight excluding hydrogens is 206 g/mol. The molecule has 1 aliphatic carbocycles. The van der Waals surface area contributed by atoms with Crippen molar-refractivity contribution in [1.29, 1.82) is 0 Å². The van der Waals surface area contributed by atoms with E-state index in [4.69, 9.17) is 0 Å². The molecule has 7 heteroatoms. The van der Waals surface area contributed by atoms with Crippen LogP contribution in [0.1, 0.15) is 37.8 Å². The lowest BCUT2D eigenvalue weighted by Crippen LogP contribution is -2.30. The van der Waals surface area contributed by atoms with Gasteiger partial charge in [0.2, 0.25) is 5.66 Å². The van der Waals surface area contributed by atoms with Crippen LogP contribution in [-0.4, -0.2) is 15.4 Å². The summed E-state index contributed by atoms with van der Waals surface area (Å²) in [6, 6.07) is 0. The predicted molar refractivity (Wildman–Crippen MR) is 54.1 cm³/mol. The molecule has 1 aromatic heterocycles. The van der Waals surface area contributed by atoms with Crippen molar-refractivity contribution in [3.05, 3.63) is 17.8 Å². The van der Waals surface area contributed by atoms with Crippen LogP contribution < -0.4 is 0 Å². The van der Waals surface area contributed by atoms with Crippen LogP contribution >= 0.6 is 0 Å². The minimum absolute atomic E-state index is 0.689. The molecule has 1 aromatic rings. The first kappa shape index (κ1) is 9.56. The maximum atomic E-state index is 4.17. The number of nitrogens with one attached hydrogen (secondary N) is 1. The van der Waals surface area contributed by atoms with Crippen LogP contribution in [0.15, 0.2) is 26.9 Å². The molecule has 0 atom stereocenters. The highest BCUT2D eigenvalue weighted by Crippen LogP contribution is 2.46. The van der Waals surface area contributed by atoms with Crippen molar-refractivity contribution >= 4 is 0 Å². The van der Waals surface area contributed by atoms with E-state index in [9.17, 15) is 0 Å². The standard InChI is InChI=1S/C9H12N7/c1-2-4-7(5-3-1)9(12-15-16-13-9)8-6-10-14-11-8/h6H,1-5H2,(H,10,11,14). The third-order valence-electron chi connectivity index (χ3n) is 3.14. The third kappa shape index (κ3) is 1.35. The van der Waals surface area contributed by atoms with Gasteiger partial charge in [-0.1, -0.05) is 24.5 Å². The zero-order valence-corrected chi connectivity index (χ0v) is 8.80. The average Bonchev–Trinajstić information content (AvgIpc) is 3.02. The molecule has 0 bridgehead atoms. The van der Waals surface area contributed by atoms with Crippen LogP contribution in [0.4, 0.5) is 0 Å². The fourth-order valence-corrected chi connectivity index (χ4v) is 2.31. The van der Waals surface area contributed by atoms with Crippen molar-refractivity contribution in [2.24, 2.45) is 20.7 Å². The maximum absolute atomic E-state index is 4.17. The Morgan fingerprint density at radius 3 is 2.44 bits per heavy atom. The number of H-pyrrole nitrogens is 1. The van der Waals surface area contributed by atoms with Crippen molar-refractivity contribution in [2.45, 2.75) is 37.8 Å². The molecule has 3 rings (SSSR count). The van der Waals surface area contributed by atoms with Gasteiger partial charge in [0.15, 0.2) is 0 Å². The molecule has 2 heterocycles. The van der Waals surface area contributed by atoms with E-state index >= 15 is 0 Å². The fraction of sp³-hybridized carbons (Fsp3) is 0.667. The van der Waals surface area contributed by atoms with E-state index in [0.29, 0.717) is 5.69 Å². The van der Waals surface area contributed by atoms with Crippen LogP contribution in [0.3, 0.4) is 0 Å². The number of aromatic nitrogens is 3. The quantitative estimate of drug-likeness (QED) is 0.825. The Morgan fingerprint density at radius 1 is 1.06 bits per heavy atom. The lowest BCUT2D eigenvalue weighted by molar-refractivity contribution is 0.369. The Labute approximate surface area is 92.4 Å². The van der Waals surface area contributed by atoms with Gasteiger partial charge in [-0.15, -0.1) is 15.3 Å². The van der Waals surface area contributed by atoms with E-state index in [1.54, 1.807) is 6.20 Å². The van der Waals surface area contributed by atoms with Crippen LogP contribution in [-0.2, 0) is 5.66 Å². The van der Waals surface area contributed by atoms with Gasteiger partial charge in [0.25, 0.3) is 0 Å². The van der Waals surface area contributed by atoms with Gasteiger partial charge in [-0.05, 0) is 23.3 Å². The molecule has 16 heavy (non-hydrogen) atoms. The van der Waals surface area contributed by atoms with Crippen LogP contribution in [0, 0.1) is 5.92 Å². The highest BCUT2D eigenvalue weighted by atomic mass is 15.6. The van der Waals surface area contributed by atoms with Crippen LogP contribution in [0.2, 0.25) is 0 Å². The molecule has 1 saturated carbocycles. The summed E-state index contributed by atoms with van der Waals surface area (Å²) < 4.78 is 0. The van der Waals surface area contributed by atoms with Crippen molar-refractivity contribution in [3.8, 4) is 0 Å². The summed E-state index contributed by atoms with van der Waals surface area (Å²) in [5.74, 6) is 1.25. The summed E-state index contributed by atoms with van der Waals surface area (Å²) >= 11 is 0. The second-order valence-electron chi connectivity index (χ2n) is 4.07. The molecule has 1 fully saturated rings. The first-order valence-electron chi connectivity index (χ1n) is 5.48. The van der Waals surface area contributed by atoms with E-state index in [0.717, 1.165) is 12.8 Å². The van der Waals surface area contributed by atoms with E-state index in [2.05, 4.69) is 36.1 Å². The van der Waals surface area contributed by atoms with E-state index in [1.807, 2.05) is 0 Å². The maximum Gasteiger partial charge on any atom is 0.246 e. The molecule has 0 aromatic carbocycles. The fourth-order valence-electron chi connectivity index (χ4n) is 2.31. The Hall–Kier alpha value is -1.66. The second-order valence-corrected chi connectivity index (χ2v) is 4.07. The molecular formula is C9H12N7. The Kier molecular flexibility index (Phi) is 2.23. The minimum Gasteiger partial charge on any atom is -0.265 e. The third-order valence-corrected chi connectivity index (χ3v) is 3.14. The molecule has 2 aliphatic rings. The molecule has 0 amide bonds. The molecule has 7 nitrogen and oxygen atoms in total. The van der Waals surface area contributed by atoms with Crippen LogP contribution in [0.25, 0.3) is 0 Å². The number of rotatable bonds is 2. The van der Waals surface area contributed by atoms with Crippen molar-refractivity contribution in [2.75, 3.05) is 0 Å². The van der Waals surface area contributed by atoms with Gasteiger partial charge in [-0.25, -0.2) is 0 Å². The summed E-state index contributed by atoms with van der Waals surface area (Å²) in [6.07, 6.45) is 7.38. The molecule has 0 unspecified atom stereocenters. The minimum atomic E-state index is -0.784. The van der Waals surface area contributed by atoms with Gasteiger partial charge in [-0.2, -0.15) is 0 Å². The lowest BCUT2D eigenvalue weighted by atomic mass is 9.79. The number of hydrogen-bond donors (Lipinski definition) is 1. The predicted octanol–water partition coefficient (Wildman–Crippen LogP) is 2.33. The van der Waals surface area contributed by atoms with Crippen molar-refractivity contribution in [3.63, 3.8) is 0 Å². The summed E-state index contributed by atoms with van der Waals surface area (Å²) in [5, 5.41) is 26.0. The largest absolute Gasteiger partial charge is 0.265 e. The first-order chi connectivity index (χ1) is 7.92. The molecule has 1 aliphatic heterocycles. The van der Waals surface area contributed by atoms with Gasteiger partial charge < -0.3 is 0 Å². The number of hydrogen-bond acceptors (Lipinski definition) is 6. The van der Waals surface area contributed by atoms with Gasteiger partial charge >= 0.3 is 0 Å². The van der Waals surface area contributed by atoms with Gasteiger partial charge in [-0.3, -0.25) is 5.10 Å². The van der Waals surface area contributed by atoms with Crippen molar-refractivity contribution < 1.29 is 0 Å². The lowest BCUT2D eigenvalue weighted by Gasteiger charge is -2.30. The van der Waals surface area contributed by atoms with Gasteiger partial charge in [0, 0.05) is 12.1 Å². The monoisotopic (exact) mass is 218 g/mol. The van der Waals surface area contributed by atoms with Gasteiger partial charge in [0.1, 0.15) is 5.69 Å². The van der Waals surface area contributed by atoms with Crippen molar-refractivity contribution in [1.82, 2.24) is 15.4 Å². The smallest absolute Gasteiger partial charge is 0.246 e. The SMILES string of the molecule is c1[nH]nnc1C1([C]2CCCCC2)N=NN=N1. The Balaban J connectivity index is 1.97. The second kappa shape index (κ2) is 3.73. The highest BCUT2D eigenvalue weighted by molar-refractivity contribution is 5.24. The normalized spacial score (nSPS) is 24.0. The summed E-state index contributed by atoms with van der Waals surface area (Å²) in [4.78, 5) is 0. The summed E-state index contributed by atoms with van der Waals surface area (Å²) in [7, 11) is 0. The zero-order valence-electron chi connectivity index (χ0n) is 8.80. The molecule has 0 saturated heterocycles. The van der Waals surface area contributed by atoms with E-state index < -0.39 is 5.66 Å². The average molecular weight is 218 g/mol. The summed E-state index contributed by atoms with van der Waals surface area (Å²) in [6.45, 7) is 0. The first-order valence-corrected chi connectivity index (χ1v) is 5.48. The van der Waals surface area contributed by atoms with Crippen LogP contribution in [0.5, 0.6) is 0 Å². The number of aromatic amines is 1. The Bertz CT molecular complexity index is 390. The Morgan fingerprint density at radius 2 is 1.81 bits per heavy atom. The summed E-state index contributed by atoms with van der Waals surface area (Å²) in [5.41, 5.74) is -0.0950. The zero-order chi connectivity index (χ0) is 10.8. The number of nitrogens with zero attached hydrogens (tertiary/aromatic N) is 6. The molecule has 1 radical (unpaired) electrons. The highest BCUT2D eigenvalue weighted by Gasteiger charge is 2.46. The molecule has 83 valence electrons. The topological polar surface area (TPSA) is 91.0 Å². The molecule has 1 N–H and O–H groups in total.